The molecule has 0 aliphatic carbocycles. The fraction of sp³-hybridized carbons (Fsp3) is 0.0370. The zero-order valence-electron chi connectivity index (χ0n) is 18.4. The van der Waals surface area contributed by atoms with Crippen LogP contribution in [0.3, 0.4) is 0 Å². The lowest BCUT2D eigenvalue weighted by Crippen LogP contribution is -2.33. The van der Waals surface area contributed by atoms with E-state index >= 15 is 0 Å². The number of nitrogens with zero attached hydrogens (tertiary/aromatic N) is 1. The summed E-state index contributed by atoms with van der Waals surface area (Å²) >= 11 is 0. The highest BCUT2D eigenvalue weighted by Crippen LogP contribution is 2.19. The first kappa shape index (κ1) is 22.4. The number of rotatable bonds is 5. The number of hydrazone groups is 1. The van der Waals surface area contributed by atoms with Crippen LogP contribution in [0.2, 0.25) is 0 Å². The summed E-state index contributed by atoms with van der Waals surface area (Å²) in [5.41, 5.74) is 5.10. The topological polar surface area (TPSA) is 99.7 Å². The van der Waals surface area contributed by atoms with Crippen molar-refractivity contribution in [3.8, 4) is 0 Å². The number of nitrogens with one attached hydrogen (secondary N) is 3. The van der Waals surface area contributed by atoms with Crippen LogP contribution in [0.5, 0.6) is 0 Å². The molecule has 0 heterocycles. The predicted octanol–water partition coefficient (Wildman–Crippen LogP) is 4.49. The molecule has 7 heteroatoms. The highest BCUT2D eigenvalue weighted by Gasteiger charge is 2.17. The Balaban J connectivity index is 1.42. The number of amides is 3. The van der Waals surface area contributed by atoms with Crippen LogP contribution >= 0.6 is 0 Å². The minimum absolute atomic E-state index is 0.214. The zero-order valence-corrected chi connectivity index (χ0v) is 18.4. The third-order valence-corrected chi connectivity index (χ3v) is 5.10. The summed E-state index contributed by atoms with van der Waals surface area (Å²) in [4.78, 5) is 37.4. The van der Waals surface area contributed by atoms with Gasteiger partial charge in [-0.1, -0.05) is 66.7 Å². The number of carbonyl (C=O) groups excluding carboxylic acids is 3. The summed E-state index contributed by atoms with van der Waals surface area (Å²) in [5.74, 6) is -2.30. The van der Waals surface area contributed by atoms with Gasteiger partial charge < -0.3 is 10.6 Å². The molecule has 0 aromatic heterocycles. The highest BCUT2D eigenvalue weighted by atomic mass is 16.2. The highest BCUT2D eigenvalue weighted by molar-refractivity contribution is 6.40. The van der Waals surface area contributed by atoms with Crippen molar-refractivity contribution in [1.29, 1.82) is 0 Å². The monoisotopic (exact) mass is 450 g/mol. The van der Waals surface area contributed by atoms with Crippen LogP contribution in [0.4, 0.5) is 11.4 Å². The number of hydrogen-bond acceptors (Lipinski definition) is 4. The van der Waals surface area contributed by atoms with Gasteiger partial charge in [-0.25, -0.2) is 5.43 Å². The second-order valence-corrected chi connectivity index (χ2v) is 7.59. The van der Waals surface area contributed by atoms with Crippen LogP contribution in [0, 0.1) is 6.92 Å². The van der Waals surface area contributed by atoms with Gasteiger partial charge in [0.15, 0.2) is 0 Å². The van der Waals surface area contributed by atoms with E-state index in [9.17, 15) is 14.4 Å². The molecule has 34 heavy (non-hydrogen) atoms. The van der Waals surface area contributed by atoms with E-state index < -0.39 is 17.7 Å². The van der Waals surface area contributed by atoms with Crippen molar-refractivity contribution >= 4 is 46.1 Å². The van der Waals surface area contributed by atoms with Gasteiger partial charge in [0.1, 0.15) is 0 Å². The summed E-state index contributed by atoms with van der Waals surface area (Å²) in [6.45, 7) is 1.92. The fourth-order valence-electron chi connectivity index (χ4n) is 3.46. The molecule has 0 saturated heterocycles. The van der Waals surface area contributed by atoms with Crippen molar-refractivity contribution in [1.82, 2.24) is 5.43 Å². The molecular formula is C27H22N4O3. The summed E-state index contributed by atoms with van der Waals surface area (Å²) < 4.78 is 0. The van der Waals surface area contributed by atoms with Crippen molar-refractivity contribution in [3.05, 3.63) is 108 Å². The zero-order chi connectivity index (χ0) is 23.9. The molecule has 0 aliphatic heterocycles. The van der Waals surface area contributed by atoms with Crippen LogP contribution in [0.1, 0.15) is 21.5 Å². The molecule has 0 aliphatic rings. The van der Waals surface area contributed by atoms with Crippen molar-refractivity contribution in [2.75, 3.05) is 10.6 Å². The average molecular weight is 450 g/mol. The Bertz CT molecular complexity index is 1410. The smallest absolute Gasteiger partial charge is 0.322 e. The van der Waals surface area contributed by atoms with Gasteiger partial charge in [-0.15, -0.1) is 0 Å². The minimum Gasteiger partial charge on any atom is -0.322 e. The maximum Gasteiger partial charge on any atom is 0.329 e. The van der Waals surface area contributed by atoms with Gasteiger partial charge in [0.05, 0.1) is 17.5 Å². The Morgan fingerprint density at radius 2 is 1.50 bits per heavy atom. The summed E-state index contributed by atoms with van der Waals surface area (Å²) in [5, 5.41) is 11.2. The minimum atomic E-state index is -0.953. The number of hydrogen-bond donors (Lipinski definition) is 3. The third-order valence-electron chi connectivity index (χ3n) is 5.10. The van der Waals surface area contributed by atoms with E-state index in [0.29, 0.717) is 5.69 Å². The number of para-hydroxylation sites is 1. The van der Waals surface area contributed by atoms with Gasteiger partial charge in [-0.2, -0.15) is 5.10 Å². The molecule has 3 amide bonds. The van der Waals surface area contributed by atoms with Crippen LogP contribution in [0.25, 0.3) is 10.8 Å². The Labute approximate surface area is 196 Å². The summed E-state index contributed by atoms with van der Waals surface area (Å²) in [6.07, 6.45) is 1.48. The quantitative estimate of drug-likeness (QED) is 0.237. The average Bonchev–Trinajstić information content (AvgIpc) is 2.84. The van der Waals surface area contributed by atoms with Crippen LogP contribution in [0.15, 0.2) is 96.1 Å². The standard InChI is InChI=1S/C27H22N4O3/c1-18-8-6-12-21(16-18)29-25(32)23-14-4-5-15-24(23)30-26(33)27(34)31-28-17-20-11-7-10-19-9-2-3-13-22(19)20/h2-17H,1H3,(H,29,32)(H,30,33)(H,31,34)/b28-17+. The van der Waals surface area contributed by atoms with Gasteiger partial charge in [-0.3, -0.25) is 14.4 Å². The fourth-order valence-corrected chi connectivity index (χ4v) is 3.46. The van der Waals surface area contributed by atoms with Gasteiger partial charge in [0, 0.05) is 11.3 Å². The Hall–Kier alpha value is -4.78. The van der Waals surface area contributed by atoms with E-state index in [1.807, 2.05) is 67.6 Å². The molecule has 4 aromatic rings. The first-order valence-corrected chi connectivity index (χ1v) is 10.6. The number of fused-ring (bicyclic) bond motifs is 1. The predicted molar refractivity (Wildman–Crippen MR) is 134 cm³/mol. The number of anilines is 2. The van der Waals surface area contributed by atoms with E-state index in [1.54, 1.807) is 30.3 Å². The van der Waals surface area contributed by atoms with Crippen molar-refractivity contribution < 1.29 is 14.4 Å². The maximum absolute atomic E-state index is 12.7. The lowest BCUT2D eigenvalue weighted by molar-refractivity contribution is -0.136. The van der Waals surface area contributed by atoms with Crippen LogP contribution in [-0.2, 0) is 9.59 Å². The van der Waals surface area contributed by atoms with Crippen LogP contribution < -0.4 is 16.1 Å². The van der Waals surface area contributed by atoms with Gasteiger partial charge in [0.25, 0.3) is 5.91 Å². The molecule has 0 atom stereocenters. The number of aryl methyl sites for hydroxylation is 1. The van der Waals surface area contributed by atoms with E-state index in [1.165, 1.54) is 6.21 Å². The second kappa shape index (κ2) is 10.2. The lowest BCUT2D eigenvalue weighted by atomic mass is 10.1. The van der Waals surface area contributed by atoms with Crippen molar-refractivity contribution in [3.63, 3.8) is 0 Å². The van der Waals surface area contributed by atoms with Crippen molar-refractivity contribution in [2.45, 2.75) is 6.92 Å². The van der Waals surface area contributed by atoms with Gasteiger partial charge in [0.2, 0.25) is 0 Å². The summed E-state index contributed by atoms with van der Waals surface area (Å²) in [6, 6.07) is 27.3. The van der Waals surface area contributed by atoms with E-state index in [4.69, 9.17) is 0 Å². The SMILES string of the molecule is Cc1cccc(NC(=O)c2ccccc2NC(=O)C(=O)N/N=C/c2cccc3ccccc23)c1. The molecule has 4 aromatic carbocycles. The Morgan fingerprint density at radius 1 is 0.765 bits per heavy atom. The first-order chi connectivity index (χ1) is 16.5. The summed E-state index contributed by atoms with van der Waals surface area (Å²) in [7, 11) is 0. The molecule has 0 saturated carbocycles. The first-order valence-electron chi connectivity index (χ1n) is 10.6. The molecule has 0 fully saturated rings. The second-order valence-electron chi connectivity index (χ2n) is 7.59. The molecule has 4 rings (SSSR count). The maximum atomic E-state index is 12.7. The van der Waals surface area contributed by atoms with E-state index in [2.05, 4.69) is 21.2 Å². The number of benzene rings is 4. The molecule has 0 unspecified atom stereocenters. The molecule has 3 N–H and O–H groups in total. The molecule has 0 radical (unpaired) electrons. The van der Waals surface area contributed by atoms with E-state index in [0.717, 1.165) is 21.9 Å². The van der Waals surface area contributed by atoms with Gasteiger partial charge >= 0.3 is 11.8 Å². The molecular weight excluding hydrogens is 428 g/mol. The molecule has 168 valence electrons. The number of carbonyl (C=O) groups is 3. The normalized spacial score (nSPS) is 10.7. The van der Waals surface area contributed by atoms with Gasteiger partial charge in [-0.05, 0) is 47.5 Å². The van der Waals surface area contributed by atoms with Crippen molar-refractivity contribution in [2.24, 2.45) is 5.10 Å². The largest absolute Gasteiger partial charge is 0.329 e. The lowest BCUT2D eigenvalue weighted by Gasteiger charge is -2.11. The molecule has 0 spiro atoms. The van der Waals surface area contributed by atoms with E-state index in [-0.39, 0.29) is 11.3 Å². The third kappa shape index (κ3) is 5.34. The Morgan fingerprint density at radius 3 is 2.35 bits per heavy atom. The molecule has 7 nitrogen and oxygen atoms in total. The van der Waals surface area contributed by atoms with Crippen LogP contribution in [-0.4, -0.2) is 23.9 Å². The Kier molecular flexibility index (Phi) is 6.74. The molecule has 0 bridgehead atoms.